The van der Waals surface area contributed by atoms with Crippen LogP contribution < -0.4 is 9.47 Å². The Hall–Kier alpha value is -2.18. The van der Waals surface area contributed by atoms with Gasteiger partial charge in [-0.25, -0.2) is 4.21 Å². The second-order valence-corrected chi connectivity index (χ2v) is 9.61. The number of benzene rings is 2. The Labute approximate surface area is 169 Å². The van der Waals surface area contributed by atoms with Crippen LogP contribution in [0.15, 0.2) is 52.9 Å². The third kappa shape index (κ3) is 5.20. The van der Waals surface area contributed by atoms with Gasteiger partial charge in [-0.3, -0.25) is 0 Å². The third-order valence-corrected chi connectivity index (χ3v) is 5.78. The third-order valence-electron chi connectivity index (χ3n) is 4.35. The maximum absolute atomic E-state index is 12.6. The predicted octanol–water partition coefficient (Wildman–Crippen LogP) is 4.31. The minimum Gasteiger partial charge on any atom is -0.497 e. The lowest BCUT2D eigenvalue weighted by atomic mass is 10.00. The molecule has 1 aliphatic rings. The molecule has 0 saturated carbocycles. The first kappa shape index (κ1) is 20.6. The molecule has 0 saturated heterocycles. The second-order valence-electron chi connectivity index (χ2n) is 7.71. The monoisotopic (exact) mass is 401 g/mol. The topological polar surface area (TPSA) is 57.1 Å². The lowest BCUT2D eigenvalue weighted by molar-refractivity contribution is 0.0420. The van der Waals surface area contributed by atoms with Crippen LogP contribution in [0.5, 0.6) is 11.5 Å². The Kier molecular flexibility index (Phi) is 6.52. The summed E-state index contributed by atoms with van der Waals surface area (Å²) in [6, 6.07) is 15.6. The molecule has 0 amide bonds. The van der Waals surface area contributed by atoms with Gasteiger partial charge in [0.25, 0.3) is 0 Å². The van der Waals surface area contributed by atoms with Gasteiger partial charge in [0.15, 0.2) is 0 Å². The lowest BCUT2D eigenvalue weighted by Gasteiger charge is -2.28. The first-order valence-electron chi connectivity index (χ1n) is 9.33. The van der Waals surface area contributed by atoms with Crippen molar-refractivity contribution in [1.82, 2.24) is 0 Å². The molecule has 1 heterocycles. The van der Waals surface area contributed by atoms with Crippen LogP contribution in [-0.4, -0.2) is 34.5 Å². The number of hydrogen-bond donors (Lipinski definition) is 0. The van der Waals surface area contributed by atoms with Crippen molar-refractivity contribution in [1.29, 1.82) is 0 Å². The molecule has 6 heteroatoms. The van der Waals surface area contributed by atoms with E-state index in [0.29, 0.717) is 31.1 Å². The molecular weight excluding hydrogens is 374 g/mol. The van der Waals surface area contributed by atoms with Crippen LogP contribution in [0.4, 0.5) is 0 Å². The largest absolute Gasteiger partial charge is 0.497 e. The molecule has 0 bridgehead atoms. The van der Waals surface area contributed by atoms with Crippen molar-refractivity contribution in [2.45, 2.75) is 44.6 Å². The summed E-state index contributed by atoms with van der Waals surface area (Å²) < 4.78 is 34.0. The molecule has 2 aromatic carbocycles. The van der Waals surface area contributed by atoms with Crippen LogP contribution in [0.2, 0.25) is 0 Å². The second kappa shape index (κ2) is 8.88. The summed E-state index contributed by atoms with van der Waals surface area (Å²) in [5.74, 6) is 1.39. The molecule has 0 fully saturated rings. The summed E-state index contributed by atoms with van der Waals surface area (Å²) in [5.41, 5.74) is 2.76. The lowest BCUT2D eigenvalue weighted by Crippen LogP contribution is -2.32. The Bertz CT molecular complexity index is 859. The van der Waals surface area contributed by atoms with Gasteiger partial charge >= 0.3 is 0 Å². The first-order chi connectivity index (χ1) is 13.4. The molecular formula is C22H27NO4S. The van der Waals surface area contributed by atoms with E-state index in [1.807, 2.05) is 69.3 Å². The van der Waals surface area contributed by atoms with Gasteiger partial charge in [0.05, 0.1) is 30.8 Å². The minimum absolute atomic E-state index is 0.195. The molecule has 0 spiro atoms. The smallest absolute Gasteiger partial charge is 0.145 e. The van der Waals surface area contributed by atoms with E-state index in [2.05, 4.69) is 4.40 Å². The molecule has 5 nitrogen and oxygen atoms in total. The molecule has 0 aliphatic carbocycles. The molecule has 2 atom stereocenters. The summed E-state index contributed by atoms with van der Waals surface area (Å²) in [6.07, 6.45) is 0.356. The van der Waals surface area contributed by atoms with Gasteiger partial charge in [-0.2, -0.15) is 4.40 Å². The number of nitrogens with zero attached hydrogens (tertiary/aromatic N) is 1. The van der Waals surface area contributed by atoms with Gasteiger partial charge in [0, 0.05) is 18.1 Å². The minimum atomic E-state index is -1.34. The van der Waals surface area contributed by atoms with Crippen molar-refractivity contribution in [3.63, 3.8) is 0 Å². The zero-order chi connectivity index (χ0) is 20.1. The van der Waals surface area contributed by atoms with E-state index >= 15 is 0 Å². The van der Waals surface area contributed by atoms with Gasteiger partial charge < -0.3 is 14.2 Å². The fourth-order valence-electron chi connectivity index (χ4n) is 2.81. The number of rotatable bonds is 6. The summed E-state index contributed by atoms with van der Waals surface area (Å²) >= 11 is 0. The van der Waals surface area contributed by atoms with Crippen molar-refractivity contribution in [2.24, 2.45) is 4.40 Å². The van der Waals surface area contributed by atoms with Crippen molar-refractivity contribution in [2.75, 3.05) is 13.7 Å². The standard InChI is InChI=1S/C22H27NO4S/c1-22(2,3)28(24)23-20-12-18(15-26-14-16-8-6-5-7-9-16)27-21-13-17(25-4)10-11-19(20)21/h5-11,13,18H,12,14-15H2,1-4H3/b23-20+/t18-,28-/m0/s1. The number of fused-ring (bicyclic) bond motifs is 1. The average Bonchev–Trinajstić information content (AvgIpc) is 2.67. The van der Waals surface area contributed by atoms with Crippen LogP contribution in [0, 0.1) is 0 Å². The maximum Gasteiger partial charge on any atom is 0.145 e. The van der Waals surface area contributed by atoms with E-state index in [9.17, 15) is 4.21 Å². The molecule has 3 rings (SSSR count). The van der Waals surface area contributed by atoms with Crippen molar-refractivity contribution in [3.05, 3.63) is 59.7 Å². The van der Waals surface area contributed by atoms with Crippen LogP contribution in [0.25, 0.3) is 0 Å². The molecule has 0 unspecified atom stereocenters. The predicted molar refractivity (Wildman–Crippen MR) is 113 cm³/mol. The fourth-order valence-corrected chi connectivity index (χ4v) is 3.46. The van der Waals surface area contributed by atoms with E-state index in [4.69, 9.17) is 14.2 Å². The van der Waals surface area contributed by atoms with E-state index in [0.717, 1.165) is 16.8 Å². The molecule has 0 aromatic heterocycles. The van der Waals surface area contributed by atoms with Gasteiger partial charge in [0.2, 0.25) is 0 Å². The first-order valence-corrected chi connectivity index (χ1v) is 10.4. The quantitative estimate of drug-likeness (QED) is 0.724. The van der Waals surface area contributed by atoms with Crippen molar-refractivity contribution in [3.8, 4) is 11.5 Å². The maximum atomic E-state index is 12.6. The highest BCUT2D eigenvalue weighted by atomic mass is 32.2. The Morgan fingerprint density at radius 3 is 2.61 bits per heavy atom. The van der Waals surface area contributed by atoms with E-state index in [1.54, 1.807) is 7.11 Å². The molecule has 1 aliphatic heterocycles. The molecule has 2 aromatic rings. The summed E-state index contributed by atoms with van der Waals surface area (Å²) in [7, 11) is 0.280. The van der Waals surface area contributed by atoms with Crippen LogP contribution >= 0.6 is 0 Å². The van der Waals surface area contributed by atoms with Crippen LogP contribution in [0.1, 0.15) is 38.3 Å². The van der Waals surface area contributed by atoms with E-state index in [-0.39, 0.29) is 6.10 Å². The van der Waals surface area contributed by atoms with Crippen LogP contribution in [0.3, 0.4) is 0 Å². The average molecular weight is 402 g/mol. The highest BCUT2D eigenvalue weighted by Crippen LogP contribution is 2.32. The molecule has 0 N–H and O–H groups in total. The SMILES string of the molecule is COc1ccc2c(c1)O[C@H](COCc1ccccc1)C/C2=N\[S@@](=O)C(C)(C)C. The molecule has 150 valence electrons. The number of ether oxygens (including phenoxy) is 3. The van der Waals surface area contributed by atoms with E-state index in [1.165, 1.54) is 0 Å². The fraction of sp³-hybridized carbons (Fsp3) is 0.409. The zero-order valence-corrected chi connectivity index (χ0v) is 17.6. The summed E-state index contributed by atoms with van der Waals surface area (Å²) in [6.45, 7) is 6.70. The zero-order valence-electron chi connectivity index (χ0n) is 16.8. The van der Waals surface area contributed by atoms with E-state index < -0.39 is 15.7 Å². The van der Waals surface area contributed by atoms with Gasteiger partial charge in [-0.15, -0.1) is 0 Å². The Balaban J connectivity index is 1.78. The Morgan fingerprint density at radius 1 is 1.18 bits per heavy atom. The molecule has 0 radical (unpaired) electrons. The van der Waals surface area contributed by atoms with Gasteiger partial charge in [-0.1, -0.05) is 30.3 Å². The number of hydrogen-bond acceptors (Lipinski definition) is 4. The van der Waals surface area contributed by atoms with Gasteiger partial charge in [-0.05, 0) is 38.5 Å². The van der Waals surface area contributed by atoms with Crippen LogP contribution in [-0.2, 0) is 22.3 Å². The summed E-state index contributed by atoms with van der Waals surface area (Å²) in [5, 5.41) is 0. The Morgan fingerprint density at radius 2 is 1.93 bits per heavy atom. The van der Waals surface area contributed by atoms with Crippen molar-refractivity contribution >= 4 is 16.7 Å². The van der Waals surface area contributed by atoms with Crippen molar-refractivity contribution < 1.29 is 18.4 Å². The van der Waals surface area contributed by atoms with Gasteiger partial charge in [0.1, 0.15) is 28.6 Å². The molecule has 28 heavy (non-hydrogen) atoms. The number of methoxy groups -OCH3 is 1. The normalized spacial score (nSPS) is 19.0. The summed E-state index contributed by atoms with van der Waals surface area (Å²) in [4.78, 5) is 0. The highest BCUT2D eigenvalue weighted by Gasteiger charge is 2.28. The highest BCUT2D eigenvalue weighted by molar-refractivity contribution is 7.85.